The summed E-state index contributed by atoms with van der Waals surface area (Å²) in [5, 5.41) is 0. The van der Waals surface area contributed by atoms with Gasteiger partial charge in [-0.1, -0.05) is 32.9 Å². The fourth-order valence-electron chi connectivity index (χ4n) is 1.63. The van der Waals surface area contributed by atoms with E-state index in [1.54, 1.807) is 6.20 Å². The Hall–Kier alpha value is -1.90. The van der Waals surface area contributed by atoms with E-state index in [-0.39, 0.29) is 5.41 Å². The fraction of sp³-hybridized carbons (Fsp3) is 0.333. The van der Waals surface area contributed by atoms with Crippen molar-refractivity contribution in [2.24, 2.45) is 0 Å². The number of rotatable bonds is 2. The second-order valence-electron chi connectivity index (χ2n) is 5.39. The Kier molecular flexibility index (Phi) is 3.32. The van der Waals surface area contributed by atoms with Crippen LogP contribution in [0.25, 0.3) is 0 Å². The minimum atomic E-state index is 0.156. The van der Waals surface area contributed by atoms with E-state index >= 15 is 0 Å². The molecule has 0 spiro atoms. The van der Waals surface area contributed by atoms with Crippen LogP contribution in [0, 0.1) is 6.92 Å². The summed E-state index contributed by atoms with van der Waals surface area (Å²) < 4.78 is 5.73. The Labute approximate surface area is 108 Å². The zero-order chi connectivity index (χ0) is 13.2. The molecule has 18 heavy (non-hydrogen) atoms. The number of ether oxygens (including phenoxy) is 1. The molecule has 0 aliphatic rings. The van der Waals surface area contributed by atoms with Crippen molar-refractivity contribution in [2.75, 3.05) is 0 Å². The smallest absolute Gasteiger partial charge is 0.225 e. The molecule has 1 heterocycles. The van der Waals surface area contributed by atoms with Gasteiger partial charge < -0.3 is 4.74 Å². The van der Waals surface area contributed by atoms with Crippen LogP contribution in [0.1, 0.15) is 31.9 Å². The number of aryl methyl sites for hydroxylation is 1. The highest BCUT2D eigenvalue weighted by atomic mass is 16.5. The second kappa shape index (κ2) is 4.77. The first kappa shape index (κ1) is 12.6. The molecule has 0 aliphatic carbocycles. The summed E-state index contributed by atoms with van der Waals surface area (Å²) in [7, 11) is 0. The molecule has 0 saturated carbocycles. The van der Waals surface area contributed by atoms with Gasteiger partial charge in [-0.15, -0.1) is 0 Å². The standard InChI is InChI=1S/C15H18N2O/c1-11-9-16-10-17-14(11)18-13-7-5-12(6-8-13)15(2,3)4/h5-10H,1-4H3. The van der Waals surface area contributed by atoms with Crippen molar-refractivity contribution in [3.63, 3.8) is 0 Å². The first-order chi connectivity index (χ1) is 8.47. The zero-order valence-electron chi connectivity index (χ0n) is 11.3. The molecule has 0 unspecified atom stereocenters. The molecule has 2 aromatic rings. The molecule has 3 heteroatoms. The Bertz CT molecular complexity index is 527. The molecule has 0 aliphatic heterocycles. The molecule has 0 saturated heterocycles. The normalized spacial score (nSPS) is 11.3. The maximum atomic E-state index is 5.73. The lowest BCUT2D eigenvalue weighted by molar-refractivity contribution is 0.456. The molecule has 3 nitrogen and oxygen atoms in total. The van der Waals surface area contributed by atoms with Crippen LogP contribution in [0.4, 0.5) is 0 Å². The molecule has 0 amide bonds. The summed E-state index contributed by atoms with van der Waals surface area (Å²) in [4.78, 5) is 8.05. The third kappa shape index (κ3) is 2.86. The van der Waals surface area contributed by atoms with E-state index in [9.17, 15) is 0 Å². The van der Waals surface area contributed by atoms with Crippen LogP contribution < -0.4 is 4.74 Å². The van der Waals surface area contributed by atoms with Gasteiger partial charge in [0.2, 0.25) is 5.88 Å². The van der Waals surface area contributed by atoms with Gasteiger partial charge in [-0.05, 0) is 30.0 Å². The van der Waals surface area contributed by atoms with Gasteiger partial charge >= 0.3 is 0 Å². The van der Waals surface area contributed by atoms with Crippen LogP contribution in [0.2, 0.25) is 0 Å². The number of hydrogen-bond acceptors (Lipinski definition) is 3. The Morgan fingerprint density at radius 1 is 1.06 bits per heavy atom. The third-order valence-electron chi connectivity index (χ3n) is 2.78. The fourth-order valence-corrected chi connectivity index (χ4v) is 1.63. The maximum Gasteiger partial charge on any atom is 0.225 e. The van der Waals surface area contributed by atoms with Crippen molar-refractivity contribution in [1.29, 1.82) is 0 Å². The highest BCUT2D eigenvalue weighted by Crippen LogP contribution is 2.26. The molecule has 0 fully saturated rings. The van der Waals surface area contributed by atoms with Gasteiger partial charge in [0.05, 0.1) is 0 Å². The van der Waals surface area contributed by atoms with Gasteiger partial charge in [-0.25, -0.2) is 9.97 Å². The van der Waals surface area contributed by atoms with Crippen LogP contribution >= 0.6 is 0 Å². The van der Waals surface area contributed by atoms with E-state index in [4.69, 9.17) is 4.74 Å². The summed E-state index contributed by atoms with van der Waals surface area (Å²) in [6, 6.07) is 8.13. The largest absolute Gasteiger partial charge is 0.439 e. The molecule has 1 aromatic heterocycles. The first-order valence-corrected chi connectivity index (χ1v) is 6.02. The molecule has 0 radical (unpaired) electrons. The molecule has 2 rings (SSSR count). The summed E-state index contributed by atoms with van der Waals surface area (Å²) in [6.45, 7) is 8.51. The lowest BCUT2D eigenvalue weighted by atomic mass is 9.87. The molecular weight excluding hydrogens is 224 g/mol. The van der Waals surface area contributed by atoms with Gasteiger partial charge in [0.25, 0.3) is 0 Å². The summed E-state index contributed by atoms with van der Waals surface area (Å²) >= 11 is 0. The quantitative estimate of drug-likeness (QED) is 0.801. The van der Waals surface area contributed by atoms with Gasteiger partial charge in [0.1, 0.15) is 12.1 Å². The van der Waals surface area contributed by atoms with Crippen LogP contribution in [0.5, 0.6) is 11.6 Å². The van der Waals surface area contributed by atoms with Crippen molar-refractivity contribution >= 4 is 0 Å². The van der Waals surface area contributed by atoms with E-state index in [0.717, 1.165) is 11.3 Å². The van der Waals surface area contributed by atoms with Crippen LogP contribution in [-0.2, 0) is 5.41 Å². The summed E-state index contributed by atoms with van der Waals surface area (Å²) in [6.07, 6.45) is 3.23. The lowest BCUT2D eigenvalue weighted by Gasteiger charge is -2.19. The Balaban J connectivity index is 2.19. The molecule has 1 aromatic carbocycles. The Morgan fingerprint density at radius 2 is 1.72 bits per heavy atom. The summed E-state index contributed by atoms with van der Waals surface area (Å²) in [5.41, 5.74) is 2.37. The monoisotopic (exact) mass is 242 g/mol. The van der Waals surface area contributed by atoms with Gasteiger partial charge in [0.15, 0.2) is 0 Å². The predicted octanol–water partition coefficient (Wildman–Crippen LogP) is 3.87. The number of nitrogens with zero attached hydrogens (tertiary/aromatic N) is 2. The van der Waals surface area contributed by atoms with E-state index < -0.39 is 0 Å². The Morgan fingerprint density at radius 3 is 2.28 bits per heavy atom. The SMILES string of the molecule is Cc1cncnc1Oc1ccc(C(C)(C)C)cc1. The minimum Gasteiger partial charge on any atom is -0.439 e. The lowest BCUT2D eigenvalue weighted by Crippen LogP contribution is -2.10. The number of benzene rings is 1. The molecule has 0 N–H and O–H groups in total. The maximum absolute atomic E-state index is 5.73. The van der Waals surface area contributed by atoms with Gasteiger partial charge in [-0.3, -0.25) is 0 Å². The topological polar surface area (TPSA) is 35.0 Å². The van der Waals surface area contributed by atoms with Crippen molar-refractivity contribution in [1.82, 2.24) is 9.97 Å². The van der Waals surface area contributed by atoms with Gasteiger partial charge in [0, 0.05) is 11.8 Å². The summed E-state index contributed by atoms with van der Waals surface area (Å²) in [5.74, 6) is 1.40. The number of hydrogen-bond donors (Lipinski definition) is 0. The zero-order valence-corrected chi connectivity index (χ0v) is 11.3. The van der Waals surface area contributed by atoms with E-state index in [1.807, 2.05) is 19.1 Å². The molecule has 94 valence electrons. The van der Waals surface area contributed by atoms with E-state index in [0.29, 0.717) is 5.88 Å². The van der Waals surface area contributed by atoms with E-state index in [1.165, 1.54) is 11.9 Å². The van der Waals surface area contributed by atoms with Crippen molar-refractivity contribution in [3.05, 3.63) is 47.9 Å². The molecule has 0 bridgehead atoms. The van der Waals surface area contributed by atoms with Crippen molar-refractivity contribution in [3.8, 4) is 11.6 Å². The highest BCUT2D eigenvalue weighted by Gasteiger charge is 2.13. The third-order valence-corrected chi connectivity index (χ3v) is 2.78. The average molecular weight is 242 g/mol. The van der Waals surface area contributed by atoms with E-state index in [2.05, 4.69) is 42.9 Å². The van der Waals surface area contributed by atoms with Crippen molar-refractivity contribution in [2.45, 2.75) is 33.1 Å². The predicted molar refractivity (Wildman–Crippen MR) is 72.0 cm³/mol. The molecule has 0 atom stereocenters. The van der Waals surface area contributed by atoms with Crippen LogP contribution in [0.15, 0.2) is 36.8 Å². The highest BCUT2D eigenvalue weighted by molar-refractivity contribution is 5.34. The van der Waals surface area contributed by atoms with Gasteiger partial charge in [-0.2, -0.15) is 0 Å². The number of aromatic nitrogens is 2. The molecular formula is C15H18N2O. The first-order valence-electron chi connectivity index (χ1n) is 6.02. The minimum absolute atomic E-state index is 0.156. The van der Waals surface area contributed by atoms with Crippen LogP contribution in [-0.4, -0.2) is 9.97 Å². The van der Waals surface area contributed by atoms with Crippen LogP contribution in [0.3, 0.4) is 0 Å². The van der Waals surface area contributed by atoms with Crippen molar-refractivity contribution < 1.29 is 4.74 Å². The second-order valence-corrected chi connectivity index (χ2v) is 5.39. The average Bonchev–Trinajstić information content (AvgIpc) is 2.32.